The number of nitrogens with zero attached hydrogens (tertiary/aromatic N) is 1. The highest BCUT2D eigenvalue weighted by molar-refractivity contribution is 5.98. The molecule has 2 aromatic carbocycles. The number of benzene rings is 2. The van der Waals surface area contributed by atoms with Gasteiger partial charge in [-0.2, -0.15) is 0 Å². The van der Waals surface area contributed by atoms with E-state index in [-0.39, 0.29) is 0 Å². The fraction of sp³-hybridized carbons (Fsp3) is 0.333. The van der Waals surface area contributed by atoms with Crippen LogP contribution in [0.25, 0.3) is 0 Å². The van der Waals surface area contributed by atoms with E-state index < -0.39 is 17.9 Å². The van der Waals surface area contributed by atoms with Crippen molar-refractivity contribution >= 4 is 11.9 Å². The standard InChI is InChI=1S/C27H31NO6/c1-17(2)19-8-10-20(11-9-19)25-21(26(29)33-5)15-28(16-22(25)27(30)34-6)14-18-7-12-23(31-3)24(13-18)32-4/h7-13,15-17,25H,14H2,1-6H3. The third-order valence-electron chi connectivity index (χ3n) is 5.82. The molecule has 2 aromatic rings. The number of rotatable bonds is 8. The van der Waals surface area contributed by atoms with E-state index in [0.717, 1.165) is 11.1 Å². The van der Waals surface area contributed by atoms with Gasteiger partial charge in [-0.3, -0.25) is 0 Å². The summed E-state index contributed by atoms with van der Waals surface area (Å²) in [4.78, 5) is 27.4. The lowest BCUT2D eigenvalue weighted by atomic mass is 9.82. The second-order valence-electron chi connectivity index (χ2n) is 8.27. The summed E-state index contributed by atoms with van der Waals surface area (Å²) in [7, 11) is 5.81. The first-order chi connectivity index (χ1) is 16.3. The summed E-state index contributed by atoms with van der Waals surface area (Å²) >= 11 is 0. The summed E-state index contributed by atoms with van der Waals surface area (Å²) in [5.41, 5.74) is 3.58. The van der Waals surface area contributed by atoms with Gasteiger partial charge in [0, 0.05) is 18.9 Å². The first-order valence-electron chi connectivity index (χ1n) is 11.0. The van der Waals surface area contributed by atoms with E-state index in [2.05, 4.69) is 13.8 Å². The molecule has 7 nitrogen and oxygen atoms in total. The van der Waals surface area contributed by atoms with E-state index in [4.69, 9.17) is 18.9 Å². The maximum atomic E-state index is 12.8. The summed E-state index contributed by atoms with van der Waals surface area (Å²) in [6.07, 6.45) is 3.44. The predicted molar refractivity (Wildman–Crippen MR) is 129 cm³/mol. The Morgan fingerprint density at radius 2 is 1.38 bits per heavy atom. The van der Waals surface area contributed by atoms with Crippen molar-refractivity contribution in [2.75, 3.05) is 28.4 Å². The molecule has 7 heteroatoms. The molecule has 1 aliphatic heterocycles. The molecule has 0 N–H and O–H groups in total. The van der Waals surface area contributed by atoms with Crippen molar-refractivity contribution in [1.29, 1.82) is 0 Å². The Morgan fingerprint density at radius 3 is 1.85 bits per heavy atom. The Kier molecular flexibility index (Phi) is 7.99. The number of esters is 2. The van der Waals surface area contributed by atoms with Crippen LogP contribution < -0.4 is 9.47 Å². The van der Waals surface area contributed by atoms with Gasteiger partial charge >= 0.3 is 11.9 Å². The number of carbonyl (C=O) groups excluding carboxylic acids is 2. The van der Waals surface area contributed by atoms with Gasteiger partial charge in [-0.25, -0.2) is 9.59 Å². The first-order valence-corrected chi connectivity index (χ1v) is 11.0. The molecule has 180 valence electrons. The smallest absolute Gasteiger partial charge is 0.336 e. The average Bonchev–Trinajstić information content (AvgIpc) is 2.87. The molecular weight excluding hydrogens is 434 g/mol. The van der Waals surface area contributed by atoms with Crippen LogP contribution in [0, 0.1) is 0 Å². The van der Waals surface area contributed by atoms with Crippen molar-refractivity contribution in [3.8, 4) is 11.5 Å². The third-order valence-corrected chi connectivity index (χ3v) is 5.82. The number of methoxy groups -OCH3 is 4. The van der Waals surface area contributed by atoms with Crippen molar-refractivity contribution in [3.05, 3.63) is 82.7 Å². The lowest BCUT2D eigenvalue weighted by molar-refractivity contribution is -0.137. The molecule has 0 amide bonds. The Labute approximate surface area is 200 Å². The minimum absolute atomic E-state index is 0.350. The molecule has 1 heterocycles. The molecule has 0 saturated heterocycles. The van der Waals surface area contributed by atoms with Crippen molar-refractivity contribution in [1.82, 2.24) is 4.90 Å². The first kappa shape index (κ1) is 24.9. The van der Waals surface area contributed by atoms with Gasteiger partial charge in [0.1, 0.15) is 0 Å². The van der Waals surface area contributed by atoms with Gasteiger partial charge in [-0.05, 0) is 34.7 Å². The fourth-order valence-electron chi connectivity index (χ4n) is 4.00. The van der Waals surface area contributed by atoms with Crippen LogP contribution in [0.2, 0.25) is 0 Å². The number of ether oxygens (including phenoxy) is 4. The molecule has 0 fully saturated rings. The van der Waals surface area contributed by atoms with E-state index in [1.54, 1.807) is 31.5 Å². The van der Waals surface area contributed by atoms with Crippen LogP contribution >= 0.6 is 0 Å². The molecule has 0 radical (unpaired) electrons. The SMILES string of the molecule is COC(=O)C1=CN(Cc2ccc(OC)c(OC)c2)C=C(C(=O)OC)C1c1ccc(C(C)C)cc1. The van der Waals surface area contributed by atoms with Gasteiger partial charge in [0.2, 0.25) is 0 Å². The zero-order valence-corrected chi connectivity index (χ0v) is 20.5. The lowest BCUT2D eigenvalue weighted by Crippen LogP contribution is -2.28. The van der Waals surface area contributed by atoms with Crippen LogP contribution in [0.15, 0.2) is 66.0 Å². The molecule has 3 rings (SSSR count). The molecular formula is C27H31NO6. The zero-order chi connectivity index (χ0) is 24.8. The minimum Gasteiger partial charge on any atom is -0.493 e. The van der Waals surface area contributed by atoms with Gasteiger partial charge in [0.15, 0.2) is 11.5 Å². The minimum atomic E-state index is -0.609. The largest absolute Gasteiger partial charge is 0.493 e. The number of carbonyl (C=O) groups is 2. The number of hydrogen-bond donors (Lipinski definition) is 0. The Hall–Kier alpha value is -3.74. The summed E-state index contributed by atoms with van der Waals surface area (Å²) in [5, 5.41) is 0. The van der Waals surface area contributed by atoms with Crippen LogP contribution in [-0.2, 0) is 25.6 Å². The summed E-state index contributed by atoms with van der Waals surface area (Å²) in [6.45, 7) is 4.61. The topological polar surface area (TPSA) is 74.3 Å². The van der Waals surface area contributed by atoms with E-state index in [9.17, 15) is 9.59 Å². The maximum absolute atomic E-state index is 12.8. The summed E-state index contributed by atoms with van der Waals surface area (Å²) < 4.78 is 20.9. The zero-order valence-electron chi connectivity index (χ0n) is 20.5. The van der Waals surface area contributed by atoms with Crippen molar-refractivity contribution < 1.29 is 28.5 Å². The van der Waals surface area contributed by atoms with E-state index >= 15 is 0 Å². The molecule has 0 unspecified atom stereocenters. The van der Waals surface area contributed by atoms with Gasteiger partial charge < -0.3 is 23.8 Å². The Morgan fingerprint density at radius 1 is 0.824 bits per heavy atom. The summed E-state index contributed by atoms with van der Waals surface area (Å²) in [6, 6.07) is 13.5. The second-order valence-corrected chi connectivity index (χ2v) is 8.27. The van der Waals surface area contributed by atoms with Crippen molar-refractivity contribution in [3.63, 3.8) is 0 Å². The highest BCUT2D eigenvalue weighted by Gasteiger charge is 2.35. The highest BCUT2D eigenvalue weighted by atomic mass is 16.5. The second kappa shape index (κ2) is 10.9. The molecule has 0 atom stereocenters. The highest BCUT2D eigenvalue weighted by Crippen LogP contribution is 2.38. The molecule has 0 spiro atoms. The van der Waals surface area contributed by atoms with Gasteiger partial charge in [0.25, 0.3) is 0 Å². The third kappa shape index (κ3) is 5.25. The van der Waals surface area contributed by atoms with Gasteiger partial charge in [-0.1, -0.05) is 44.2 Å². The van der Waals surface area contributed by atoms with E-state index in [0.29, 0.717) is 35.1 Å². The van der Waals surface area contributed by atoms with Crippen LogP contribution in [0.3, 0.4) is 0 Å². The quantitative estimate of drug-likeness (QED) is 0.530. The Balaban J connectivity index is 2.05. The van der Waals surface area contributed by atoms with Crippen LogP contribution in [0.5, 0.6) is 11.5 Å². The van der Waals surface area contributed by atoms with Gasteiger partial charge in [0.05, 0.1) is 45.5 Å². The fourth-order valence-corrected chi connectivity index (χ4v) is 4.00. The van der Waals surface area contributed by atoms with Crippen LogP contribution in [-0.4, -0.2) is 45.3 Å². The molecule has 0 aliphatic carbocycles. The van der Waals surface area contributed by atoms with E-state index in [1.807, 2.05) is 42.5 Å². The van der Waals surface area contributed by atoms with Crippen molar-refractivity contribution in [2.45, 2.75) is 32.2 Å². The number of hydrogen-bond acceptors (Lipinski definition) is 7. The molecule has 0 bridgehead atoms. The van der Waals surface area contributed by atoms with Crippen LogP contribution in [0.1, 0.15) is 42.4 Å². The summed E-state index contributed by atoms with van der Waals surface area (Å²) in [5.74, 6) is -0.0539. The lowest BCUT2D eigenvalue weighted by Gasteiger charge is -2.30. The monoisotopic (exact) mass is 465 g/mol. The van der Waals surface area contributed by atoms with Crippen LogP contribution in [0.4, 0.5) is 0 Å². The normalized spacial score (nSPS) is 13.8. The van der Waals surface area contributed by atoms with E-state index in [1.165, 1.54) is 19.8 Å². The average molecular weight is 466 g/mol. The predicted octanol–water partition coefficient (Wildman–Crippen LogP) is 4.54. The van der Waals surface area contributed by atoms with Crippen molar-refractivity contribution in [2.24, 2.45) is 0 Å². The molecule has 0 saturated carbocycles. The molecule has 1 aliphatic rings. The Bertz CT molecular complexity index is 1070. The molecule has 0 aromatic heterocycles. The molecule has 34 heavy (non-hydrogen) atoms. The maximum Gasteiger partial charge on any atom is 0.336 e. The van der Waals surface area contributed by atoms with Gasteiger partial charge in [-0.15, -0.1) is 0 Å².